The molecular formula is C14H17N3O2. The van der Waals surface area contributed by atoms with E-state index < -0.39 is 0 Å². The Morgan fingerprint density at radius 2 is 2.32 bits per heavy atom. The van der Waals surface area contributed by atoms with Gasteiger partial charge in [0.1, 0.15) is 0 Å². The zero-order chi connectivity index (χ0) is 13.9. The highest BCUT2D eigenvalue weighted by molar-refractivity contribution is 5.94. The highest BCUT2D eigenvalue weighted by Gasteiger charge is 2.39. The number of nitrogens with two attached hydrogens (primary N) is 1. The van der Waals surface area contributed by atoms with Crippen molar-refractivity contribution in [3.8, 4) is 6.07 Å². The molecule has 1 fully saturated rings. The lowest BCUT2D eigenvalue weighted by atomic mass is 9.77. The lowest BCUT2D eigenvalue weighted by Gasteiger charge is -2.39. The molecule has 0 radical (unpaired) electrons. The molecule has 19 heavy (non-hydrogen) atoms. The maximum atomic E-state index is 12.0. The van der Waals surface area contributed by atoms with Gasteiger partial charge in [0.2, 0.25) is 5.91 Å². The Kier molecular flexibility index (Phi) is 3.72. The molecule has 1 amide bonds. The number of carbonyl (C=O) groups excluding carboxylic acids is 1. The molecule has 1 aliphatic rings. The molecule has 5 nitrogen and oxygen atoms in total. The molecule has 0 bridgehead atoms. The topological polar surface area (TPSA) is 88.1 Å². The third-order valence-electron chi connectivity index (χ3n) is 3.64. The molecule has 1 aromatic rings. The van der Waals surface area contributed by atoms with E-state index >= 15 is 0 Å². The van der Waals surface area contributed by atoms with E-state index in [0.29, 0.717) is 23.4 Å². The Labute approximate surface area is 112 Å². The molecule has 3 N–H and O–H groups in total. The monoisotopic (exact) mass is 259 g/mol. The van der Waals surface area contributed by atoms with E-state index in [1.54, 1.807) is 25.3 Å². The van der Waals surface area contributed by atoms with Gasteiger partial charge in [-0.25, -0.2) is 0 Å². The van der Waals surface area contributed by atoms with Gasteiger partial charge < -0.3 is 15.8 Å². The molecule has 0 heterocycles. The summed E-state index contributed by atoms with van der Waals surface area (Å²) in [6.07, 6.45) is 3.27. The van der Waals surface area contributed by atoms with Crippen molar-refractivity contribution in [1.29, 1.82) is 5.26 Å². The van der Waals surface area contributed by atoms with Crippen LogP contribution in [0.5, 0.6) is 0 Å². The minimum absolute atomic E-state index is 0.113. The van der Waals surface area contributed by atoms with Crippen molar-refractivity contribution < 1.29 is 9.53 Å². The standard InChI is InChI=1S/C14H17N3O2/c1-19-14(5-2-6-14)8-13(18)17-12-4-3-10(9-15)7-11(12)16/h3-4,7H,2,5-6,8,16H2,1H3,(H,17,18). The fraction of sp³-hybridized carbons (Fsp3) is 0.429. The molecule has 0 atom stereocenters. The van der Waals surface area contributed by atoms with E-state index in [9.17, 15) is 4.79 Å². The van der Waals surface area contributed by atoms with Crippen LogP contribution in [0.15, 0.2) is 18.2 Å². The first-order valence-electron chi connectivity index (χ1n) is 6.23. The van der Waals surface area contributed by atoms with E-state index in [2.05, 4.69) is 5.32 Å². The van der Waals surface area contributed by atoms with Crippen molar-refractivity contribution in [2.75, 3.05) is 18.2 Å². The summed E-state index contributed by atoms with van der Waals surface area (Å²) in [4.78, 5) is 12.0. The van der Waals surface area contributed by atoms with Gasteiger partial charge in [0.05, 0.1) is 35.0 Å². The average Bonchev–Trinajstić information content (AvgIpc) is 2.36. The summed E-state index contributed by atoms with van der Waals surface area (Å²) in [6.45, 7) is 0. The summed E-state index contributed by atoms with van der Waals surface area (Å²) in [5.41, 5.74) is 6.90. The van der Waals surface area contributed by atoms with Crippen LogP contribution in [0.4, 0.5) is 11.4 Å². The van der Waals surface area contributed by atoms with Gasteiger partial charge in [0.25, 0.3) is 0 Å². The van der Waals surface area contributed by atoms with E-state index in [0.717, 1.165) is 19.3 Å². The van der Waals surface area contributed by atoms with Crippen molar-refractivity contribution in [1.82, 2.24) is 0 Å². The van der Waals surface area contributed by atoms with Crippen LogP contribution in [-0.2, 0) is 9.53 Å². The highest BCUT2D eigenvalue weighted by Crippen LogP contribution is 2.38. The maximum Gasteiger partial charge on any atom is 0.227 e. The number of ether oxygens (including phenoxy) is 1. The van der Waals surface area contributed by atoms with Gasteiger partial charge in [-0.05, 0) is 37.5 Å². The van der Waals surface area contributed by atoms with Crippen LogP contribution in [0, 0.1) is 11.3 Å². The first-order chi connectivity index (χ1) is 9.08. The van der Waals surface area contributed by atoms with E-state index in [1.165, 1.54) is 0 Å². The van der Waals surface area contributed by atoms with Crippen LogP contribution in [-0.4, -0.2) is 18.6 Å². The summed E-state index contributed by atoms with van der Waals surface area (Å²) >= 11 is 0. The molecule has 5 heteroatoms. The largest absolute Gasteiger partial charge is 0.397 e. The molecule has 100 valence electrons. The van der Waals surface area contributed by atoms with Crippen LogP contribution in [0.25, 0.3) is 0 Å². The molecule has 0 spiro atoms. The summed E-state index contributed by atoms with van der Waals surface area (Å²) in [6, 6.07) is 6.82. The van der Waals surface area contributed by atoms with Crippen molar-refractivity contribution in [2.45, 2.75) is 31.3 Å². The Morgan fingerprint density at radius 1 is 1.58 bits per heavy atom. The zero-order valence-corrected chi connectivity index (χ0v) is 10.9. The number of benzene rings is 1. The number of nitrogens with one attached hydrogen (secondary N) is 1. The normalized spacial score (nSPS) is 16.2. The number of nitriles is 1. The second-order valence-corrected chi connectivity index (χ2v) is 4.88. The summed E-state index contributed by atoms with van der Waals surface area (Å²) in [5, 5.41) is 11.5. The number of methoxy groups -OCH3 is 1. The minimum atomic E-state index is -0.300. The predicted octanol–water partition coefficient (Wildman–Crippen LogP) is 2.04. The Hall–Kier alpha value is -2.06. The highest BCUT2D eigenvalue weighted by atomic mass is 16.5. The first kappa shape index (κ1) is 13.4. The number of carbonyl (C=O) groups is 1. The van der Waals surface area contributed by atoms with Gasteiger partial charge >= 0.3 is 0 Å². The molecule has 1 aliphatic carbocycles. The number of hydrogen-bond donors (Lipinski definition) is 2. The lowest BCUT2D eigenvalue weighted by Crippen LogP contribution is -2.42. The third-order valence-corrected chi connectivity index (χ3v) is 3.64. The number of rotatable bonds is 4. The maximum absolute atomic E-state index is 12.0. The van der Waals surface area contributed by atoms with Gasteiger partial charge in [0, 0.05) is 7.11 Å². The lowest BCUT2D eigenvalue weighted by molar-refractivity contribution is -0.129. The molecule has 0 aromatic heterocycles. The smallest absolute Gasteiger partial charge is 0.227 e. The van der Waals surface area contributed by atoms with E-state index in [4.69, 9.17) is 15.7 Å². The quantitative estimate of drug-likeness (QED) is 0.810. The number of anilines is 2. The summed E-state index contributed by atoms with van der Waals surface area (Å²) in [5.74, 6) is -0.113. The van der Waals surface area contributed by atoms with Gasteiger partial charge in [-0.2, -0.15) is 5.26 Å². The van der Waals surface area contributed by atoms with Crippen molar-refractivity contribution >= 4 is 17.3 Å². The fourth-order valence-electron chi connectivity index (χ4n) is 2.26. The minimum Gasteiger partial charge on any atom is -0.397 e. The number of hydrogen-bond acceptors (Lipinski definition) is 4. The van der Waals surface area contributed by atoms with Crippen LogP contribution in [0.1, 0.15) is 31.2 Å². The second kappa shape index (κ2) is 5.29. The Bertz CT molecular complexity index is 524. The van der Waals surface area contributed by atoms with Gasteiger partial charge in [0.15, 0.2) is 0 Å². The van der Waals surface area contributed by atoms with Gasteiger partial charge in [-0.1, -0.05) is 0 Å². The van der Waals surface area contributed by atoms with Crippen LogP contribution < -0.4 is 11.1 Å². The SMILES string of the molecule is COC1(CC(=O)Nc2ccc(C#N)cc2N)CCC1. The molecule has 1 saturated carbocycles. The van der Waals surface area contributed by atoms with Crippen LogP contribution in [0.3, 0.4) is 0 Å². The van der Waals surface area contributed by atoms with Crippen molar-refractivity contribution in [3.63, 3.8) is 0 Å². The molecule has 0 unspecified atom stereocenters. The molecule has 2 rings (SSSR count). The molecular weight excluding hydrogens is 242 g/mol. The summed E-state index contributed by atoms with van der Waals surface area (Å²) in [7, 11) is 1.64. The van der Waals surface area contributed by atoms with Crippen molar-refractivity contribution in [3.05, 3.63) is 23.8 Å². The van der Waals surface area contributed by atoms with E-state index in [-0.39, 0.29) is 11.5 Å². The van der Waals surface area contributed by atoms with E-state index in [1.807, 2.05) is 6.07 Å². The van der Waals surface area contributed by atoms with Crippen LogP contribution >= 0.6 is 0 Å². The summed E-state index contributed by atoms with van der Waals surface area (Å²) < 4.78 is 5.41. The Morgan fingerprint density at radius 3 is 2.79 bits per heavy atom. The zero-order valence-electron chi connectivity index (χ0n) is 10.9. The number of nitrogens with zero attached hydrogens (tertiary/aromatic N) is 1. The molecule has 1 aromatic carbocycles. The predicted molar refractivity (Wildman–Crippen MR) is 72.4 cm³/mol. The van der Waals surface area contributed by atoms with Crippen LogP contribution in [0.2, 0.25) is 0 Å². The third kappa shape index (κ3) is 2.85. The molecule has 0 aliphatic heterocycles. The van der Waals surface area contributed by atoms with Gasteiger partial charge in [-0.15, -0.1) is 0 Å². The number of amides is 1. The molecule has 0 saturated heterocycles. The first-order valence-corrected chi connectivity index (χ1v) is 6.23. The fourth-order valence-corrected chi connectivity index (χ4v) is 2.26. The second-order valence-electron chi connectivity index (χ2n) is 4.88. The van der Waals surface area contributed by atoms with Gasteiger partial charge in [-0.3, -0.25) is 4.79 Å². The van der Waals surface area contributed by atoms with Crippen molar-refractivity contribution in [2.24, 2.45) is 0 Å². The average molecular weight is 259 g/mol. The Balaban J connectivity index is 2.01. The number of nitrogen functional groups attached to an aromatic ring is 1.